The van der Waals surface area contributed by atoms with E-state index in [9.17, 15) is 4.79 Å². The van der Waals surface area contributed by atoms with E-state index in [1.54, 1.807) is 19.3 Å². The van der Waals surface area contributed by atoms with Gasteiger partial charge in [0.25, 0.3) is 11.8 Å². The van der Waals surface area contributed by atoms with Crippen molar-refractivity contribution in [1.29, 1.82) is 0 Å². The molecule has 1 aromatic carbocycles. The number of likely N-dealkylation sites (tertiary alicyclic amines) is 1. The van der Waals surface area contributed by atoms with Gasteiger partial charge in [-0.15, -0.1) is 0 Å². The van der Waals surface area contributed by atoms with Gasteiger partial charge in [-0.1, -0.05) is 5.16 Å². The van der Waals surface area contributed by atoms with E-state index >= 15 is 0 Å². The second kappa shape index (κ2) is 9.76. The molecule has 9 nitrogen and oxygen atoms in total. The number of rotatable bonds is 7. The zero-order valence-corrected chi connectivity index (χ0v) is 18.5. The van der Waals surface area contributed by atoms with Crippen LogP contribution in [0.2, 0.25) is 0 Å². The average Bonchev–Trinajstić information content (AvgIpc) is 3.31. The van der Waals surface area contributed by atoms with Crippen molar-refractivity contribution in [2.75, 3.05) is 19.7 Å². The van der Waals surface area contributed by atoms with Crippen LogP contribution in [0, 0.1) is 6.92 Å². The largest absolute Gasteiger partial charge is 0.494 e. The topological polar surface area (TPSA) is 103 Å². The number of aryl methyl sites for hydroxylation is 1. The molecule has 0 spiro atoms. The highest BCUT2D eigenvalue weighted by Gasteiger charge is 2.30. The molecule has 3 heterocycles. The fourth-order valence-corrected chi connectivity index (χ4v) is 3.66. The number of amides is 1. The highest BCUT2D eigenvalue weighted by Crippen LogP contribution is 2.28. The maximum atomic E-state index is 12.8. The maximum Gasteiger partial charge on any atom is 0.278 e. The Kier molecular flexibility index (Phi) is 6.63. The van der Waals surface area contributed by atoms with Gasteiger partial charge < -0.3 is 18.9 Å². The van der Waals surface area contributed by atoms with E-state index in [0.717, 1.165) is 24.3 Å². The molecule has 4 rings (SSSR count). The lowest BCUT2D eigenvalue weighted by Crippen LogP contribution is -2.44. The minimum Gasteiger partial charge on any atom is -0.494 e. The predicted octanol–water partition coefficient (Wildman–Crippen LogP) is 3.41. The lowest BCUT2D eigenvalue weighted by molar-refractivity contribution is -0.139. The van der Waals surface area contributed by atoms with E-state index in [1.807, 2.05) is 43.0 Å². The SMILES string of the molecule is CCOc1ccc(O[C@@H](C)C(=O)N2CCC(c3noc(-c4cnc(C)cn4)n3)CC2)cc1. The summed E-state index contributed by atoms with van der Waals surface area (Å²) in [5.41, 5.74) is 1.38. The lowest BCUT2D eigenvalue weighted by Gasteiger charge is -2.32. The lowest BCUT2D eigenvalue weighted by atomic mass is 9.96. The third kappa shape index (κ3) is 5.04. The number of piperidine rings is 1. The van der Waals surface area contributed by atoms with E-state index in [2.05, 4.69) is 20.1 Å². The van der Waals surface area contributed by atoms with Crippen LogP contribution >= 0.6 is 0 Å². The van der Waals surface area contributed by atoms with E-state index in [4.69, 9.17) is 14.0 Å². The first-order chi connectivity index (χ1) is 15.5. The first-order valence-corrected chi connectivity index (χ1v) is 10.8. The molecule has 2 aromatic heterocycles. The van der Waals surface area contributed by atoms with Crippen LogP contribution < -0.4 is 9.47 Å². The van der Waals surface area contributed by atoms with Gasteiger partial charge in [0.05, 0.1) is 18.5 Å². The van der Waals surface area contributed by atoms with Gasteiger partial charge in [-0.05, 0) is 57.9 Å². The van der Waals surface area contributed by atoms with E-state index < -0.39 is 6.10 Å². The summed E-state index contributed by atoms with van der Waals surface area (Å²) < 4.78 is 16.6. The van der Waals surface area contributed by atoms with Gasteiger partial charge in [0, 0.05) is 25.2 Å². The Labute approximate surface area is 186 Å². The fraction of sp³-hybridized carbons (Fsp3) is 0.435. The van der Waals surface area contributed by atoms with Gasteiger partial charge in [-0.2, -0.15) is 4.98 Å². The second-order valence-electron chi connectivity index (χ2n) is 7.76. The Morgan fingerprint density at radius 1 is 1.16 bits per heavy atom. The van der Waals surface area contributed by atoms with Gasteiger partial charge in [-0.25, -0.2) is 4.98 Å². The van der Waals surface area contributed by atoms with Crippen LogP contribution in [0.4, 0.5) is 0 Å². The molecule has 9 heteroatoms. The standard InChI is InChI=1S/C23H27N5O4/c1-4-30-18-5-7-19(8-6-18)31-16(3)23(29)28-11-9-17(10-12-28)21-26-22(32-27-21)20-14-24-15(2)13-25-20/h5-8,13-14,16-17H,4,9-12H2,1-3H3/t16-/m0/s1. The molecule has 0 bridgehead atoms. The van der Waals surface area contributed by atoms with Crippen molar-refractivity contribution in [3.05, 3.63) is 48.2 Å². The van der Waals surface area contributed by atoms with Crippen molar-refractivity contribution in [2.24, 2.45) is 0 Å². The zero-order chi connectivity index (χ0) is 22.5. The Bertz CT molecular complexity index is 1030. The molecule has 1 aliphatic heterocycles. The molecular formula is C23H27N5O4. The molecular weight excluding hydrogens is 410 g/mol. The summed E-state index contributed by atoms with van der Waals surface area (Å²) in [4.78, 5) is 27.7. The molecule has 32 heavy (non-hydrogen) atoms. The van der Waals surface area contributed by atoms with Crippen molar-refractivity contribution in [2.45, 2.75) is 45.6 Å². The molecule has 1 saturated heterocycles. The van der Waals surface area contributed by atoms with E-state index in [1.165, 1.54) is 0 Å². The number of aromatic nitrogens is 4. The van der Waals surface area contributed by atoms with Gasteiger partial charge in [0.2, 0.25) is 0 Å². The third-order valence-corrected chi connectivity index (χ3v) is 5.41. The monoisotopic (exact) mass is 437 g/mol. The van der Waals surface area contributed by atoms with Gasteiger partial charge >= 0.3 is 0 Å². The predicted molar refractivity (Wildman–Crippen MR) is 116 cm³/mol. The number of hydrogen-bond donors (Lipinski definition) is 0. The summed E-state index contributed by atoms with van der Waals surface area (Å²) in [6.07, 6.45) is 4.25. The quantitative estimate of drug-likeness (QED) is 0.554. The molecule has 168 valence electrons. The minimum absolute atomic E-state index is 0.0268. The Morgan fingerprint density at radius 3 is 2.53 bits per heavy atom. The summed E-state index contributed by atoms with van der Waals surface area (Å²) in [7, 11) is 0. The van der Waals surface area contributed by atoms with Crippen molar-refractivity contribution in [3.63, 3.8) is 0 Å². The molecule has 0 saturated carbocycles. The third-order valence-electron chi connectivity index (χ3n) is 5.41. The smallest absolute Gasteiger partial charge is 0.278 e. The molecule has 0 N–H and O–H groups in total. The molecule has 1 amide bonds. The Hall–Kier alpha value is -3.49. The molecule has 3 aromatic rings. The van der Waals surface area contributed by atoms with Crippen LogP contribution in [0.1, 0.15) is 44.1 Å². The van der Waals surface area contributed by atoms with Crippen LogP contribution in [-0.4, -0.2) is 56.7 Å². The molecule has 1 atom stereocenters. The summed E-state index contributed by atoms with van der Waals surface area (Å²) in [6, 6.07) is 7.30. The van der Waals surface area contributed by atoms with Crippen molar-refractivity contribution in [1.82, 2.24) is 25.0 Å². The van der Waals surface area contributed by atoms with Crippen LogP contribution in [0.15, 0.2) is 41.2 Å². The number of ether oxygens (including phenoxy) is 2. The molecule has 1 fully saturated rings. The summed E-state index contributed by atoms with van der Waals surface area (Å²) in [5, 5.41) is 4.13. The number of carbonyl (C=O) groups excluding carboxylic acids is 1. The number of carbonyl (C=O) groups is 1. The molecule has 1 aliphatic rings. The maximum absolute atomic E-state index is 12.8. The summed E-state index contributed by atoms with van der Waals surface area (Å²) >= 11 is 0. The first-order valence-electron chi connectivity index (χ1n) is 10.8. The number of benzene rings is 1. The summed E-state index contributed by atoms with van der Waals surface area (Å²) in [6.45, 7) is 7.43. The molecule has 0 radical (unpaired) electrons. The highest BCUT2D eigenvalue weighted by molar-refractivity contribution is 5.81. The van der Waals surface area contributed by atoms with Crippen LogP contribution in [0.25, 0.3) is 11.6 Å². The van der Waals surface area contributed by atoms with Gasteiger partial charge in [0.1, 0.15) is 17.2 Å². The van der Waals surface area contributed by atoms with Crippen molar-refractivity contribution >= 4 is 5.91 Å². The highest BCUT2D eigenvalue weighted by atomic mass is 16.5. The normalized spacial score (nSPS) is 15.4. The van der Waals surface area contributed by atoms with Gasteiger partial charge in [0.15, 0.2) is 11.9 Å². The average molecular weight is 438 g/mol. The fourth-order valence-electron chi connectivity index (χ4n) is 3.66. The van der Waals surface area contributed by atoms with Gasteiger partial charge in [-0.3, -0.25) is 9.78 Å². The second-order valence-corrected chi connectivity index (χ2v) is 7.76. The van der Waals surface area contributed by atoms with Crippen molar-refractivity contribution in [3.8, 4) is 23.1 Å². The summed E-state index contributed by atoms with van der Waals surface area (Å²) in [5.74, 6) is 2.54. The Balaban J connectivity index is 1.30. The van der Waals surface area contributed by atoms with Crippen molar-refractivity contribution < 1.29 is 18.8 Å². The van der Waals surface area contributed by atoms with E-state index in [-0.39, 0.29) is 11.8 Å². The minimum atomic E-state index is -0.568. The first kappa shape index (κ1) is 21.7. The van der Waals surface area contributed by atoms with Crippen LogP contribution in [0.3, 0.4) is 0 Å². The van der Waals surface area contributed by atoms with Crippen LogP contribution in [-0.2, 0) is 4.79 Å². The van der Waals surface area contributed by atoms with E-state index in [0.29, 0.717) is 42.9 Å². The zero-order valence-electron chi connectivity index (χ0n) is 18.5. The Morgan fingerprint density at radius 2 is 1.88 bits per heavy atom. The molecule has 0 aliphatic carbocycles. The number of nitrogens with zero attached hydrogens (tertiary/aromatic N) is 5. The number of hydrogen-bond acceptors (Lipinski definition) is 8. The molecule has 0 unspecified atom stereocenters. The van der Waals surface area contributed by atoms with Crippen LogP contribution in [0.5, 0.6) is 11.5 Å².